The number of nitrogens with zero attached hydrogens (tertiary/aromatic N) is 1. The lowest BCUT2D eigenvalue weighted by Gasteiger charge is -2.20. The number of hydrogen-bond donors (Lipinski definition) is 3. The first-order valence-electron chi connectivity index (χ1n) is 6.10. The largest absolute Gasteiger partial charge is 0.370 e. The maximum Gasteiger partial charge on any atom is 0.188 e. The summed E-state index contributed by atoms with van der Waals surface area (Å²) in [5.74, 6) is 1.23. The summed E-state index contributed by atoms with van der Waals surface area (Å²) in [6, 6.07) is 0. The Labute approximate surface area is 123 Å². The van der Waals surface area contributed by atoms with Crippen LogP contribution in [-0.4, -0.2) is 31.1 Å². The minimum absolute atomic E-state index is 0. The molecule has 4 nitrogen and oxygen atoms in total. The number of aliphatic imine (C=N–C) groups is 1. The Bertz CT molecular complexity index is 209. The van der Waals surface area contributed by atoms with Gasteiger partial charge in [-0.2, -0.15) is 0 Å². The van der Waals surface area contributed by atoms with Crippen LogP contribution in [0.2, 0.25) is 0 Å². The zero-order chi connectivity index (χ0) is 12.6. The van der Waals surface area contributed by atoms with Crippen molar-refractivity contribution in [2.45, 2.75) is 46.6 Å². The van der Waals surface area contributed by atoms with Gasteiger partial charge in [-0.25, -0.2) is 0 Å². The van der Waals surface area contributed by atoms with Crippen molar-refractivity contribution in [3.63, 3.8) is 0 Å². The Hall–Kier alpha value is -0.0400. The molecule has 4 N–H and O–H groups in total. The topological polar surface area (TPSA) is 62.4 Å². The van der Waals surface area contributed by atoms with Gasteiger partial charge in [0.25, 0.3) is 0 Å². The molecule has 0 aromatic heterocycles. The first kappa shape index (κ1) is 19.3. The molecule has 0 heterocycles. The molecule has 0 aliphatic heterocycles. The van der Waals surface area contributed by atoms with Crippen LogP contribution in [0, 0.1) is 5.92 Å². The van der Waals surface area contributed by atoms with E-state index < -0.39 is 0 Å². The molecule has 5 heteroatoms. The van der Waals surface area contributed by atoms with Crippen LogP contribution >= 0.6 is 24.0 Å². The van der Waals surface area contributed by atoms with Crippen LogP contribution < -0.4 is 16.4 Å². The fourth-order valence-corrected chi connectivity index (χ4v) is 1.13. The van der Waals surface area contributed by atoms with Crippen LogP contribution in [0.1, 0.15) is 41.0 Å². The molecule has 0 unspecified atom stereocenters. The lowest BCUT2D eigenvalue weighted by Crippen LogP contribution is -2.43. The molecule has 0 atom stereocenters. The average Bonchev–Trinajstić information content (AvgIpc) is 2.10. The molecule has 104 valence electrons. The zero-order valence-corrected chi connectivity index (χ0v) is 14.2. The van der Waals surface area contributed by atoms with Crippen LogP contribution in [0.3, 0.4) is 0 Å². The van der Waals surface area contributed by atoms with Crippen LogP contribution in [0.5, 0.6) is 0 Å². The van der Waals surface area contributed by atoms with E-state index >= 15 is 0 Å². The second-order valence-corrected chi connectivity index (χ2v) is 5.55. The monoisotopic (exact) mass is 356 g/mol. The summed E-state index contributed by atoms with van der Waals surface area (Å²) in [7, 11) is 0. The minimum Gasteiger partial charge on any atom is -0.370 e. The van der Waals surface area contributed by atoms with Gasteiger partial charge in [-0.15, -0.1) is 24.0 Å². The minimum atomic E-state index is 0. The number of hydrogen-bond acceptors (Lipinski definition) is 2. The molecule has 0 aliphatic rings. The number of guanidine groups is 1. The SMILES string of the molecule is CC(C)CCN=C(N)NCCNC(C)(C)C.I. The molecule has 0 aliphatic carbocycles. The lowest BCUT2D eigenvalue weighted by molar-refractivity contribution is 0.428. The molecule has 0 rings (SSSR count). The molecule has 0 radical (unpaired) electrons. The Morgan fingerprint density at radius 3 is 2.29 bits per heavy atom. The van der Waals surface area contributed by atoms with E-state index in [4.69, 9.17) is 5.73 Å². The van der Waals surface area contributed by atoms with Crippen LogP contribution in [0.25, 0.3) is 0 Å². The summed E-state index contributed by atoms with van der Waals surface area (Å²) < 4.78 is 0. The Morgan fingerprint density at radius 1 is 1.24 bits per heavy atom. The van der Waals surface area contributed by atoms with Crippen molar-refractivity contribution >= 4 is 29.9 Å². The van der Waals surface area contributed by atoms with Crippen molar-refractivity contribution in [3.05, 3.63) is 0 Å². The van der Waals surface area contributed by atoms with E-state index in [2.05, 4.69) is 50.2 Å². The molecule has 0 spiro atoms. The maximum atomic E-state index is 5.72. The predicted octanol–water partition coefficient (Wildman–Crippen LogP) is 1.94. The van der Waals surface area contributed by atoms with Crippen molar-refractivity contribution in [1.82, 2.24) is 10.6 Å². The van der Waals surface area contributed by atoms with Crippen molar-refractivity contribution < 1.29 is 0 Å². The fraction of sp³-hybridized carbons (Fsp3) is 0.917. The fourth-order valence-electron chi connectivity index (χ4n) is 1.13. The van der Waals surface area contributed by atoms with Gasteiger partial charge in [0.1, 0.15) is 0 Å². The van der Waals surface area contributed by atoms with E-state index in [9.17, 15) is 0 Å². The average molecular weight is 356 g/mol. The molecule has 0 saturated heterocycles. The highest BCUT2D eigenvalue weighted by Crippen LogP contribution is 1.98. The highest BCUT2D eigenvalue weighted by atomic mass is 127. The van der Waals surface area contributed by atoms with E-state index in [0.717, 1.165) is 26.1 Å². The van der Waals surface area contributed by atoms with E-state index in [0.29, 0.717) is 11.9 Å². The highest BCUT2D eigenvalue weighted by molar-refractivity contribution is 14.0. The molecule has 17 heavy (non-hydrogen) atoms. The van der Waals surface area contributed by atoms with E-state index in [1.165, 1.54) is 0 Å². The summed E-state index contributed by atoms with van der Waals surface area (Å²) in [4.78, 5) is 4.25. The van der Waals surface area contributed by atoms with Crippen LogP contribution in [0.4, 0.5) is 0 Å². The van der Waals surface area contributed by atoms with Crippen molar-refractivity contribution in [3.8, 4) is 0 Å². The number of nitrogens with two attached hydrogens (primary N) is 1. The van der Waals surface area contributed by atoms with Gasteiger partial charge in [0, 0.05) is 25.2 Å². The molecule has 0 saturated carbocycles. The van der Waals surface area contributed by atoms with Gasteiger partial charge in [-0.3, -0.25) is 4.99 Å². The third-order valence-electron chi connectivity index (χ3n) is 2.08. The molecule has 0 bridgehead atoms. The van der Waals surface area contributed by atoms with Crippen LogP contribution in [-0.2, 0) is 0 Å². The molecular weight excluding hydrogens is 327 g/mol. The second-order valence-electron chi connectivity index (χ2n) is 5.55. The zero-order valence-electron chi connectivity index (χ0n) is 11.8. The molecule has 0 fully saturated rings. The number of halogens is 1. The quantitative estimate of drug-likeness (QED) is 0.295. The van der Waals surface area contributed by atoms with Gasteiger partial charge in [0.05, 0.1) is 0 Å². The van der Waals surface area contributed by atoms with Gasteiger partial charge >= 0.3 is 0 Å². The molecule has 0 aromatic carbocycles. The van der Waals surface area contributed by atoms with Crippen LogP contribution in [0.15, 0.2) is 4.99 Å². The third-order valence-corrected chi connectivity index (χ3v) is 2.08. The van der Waals surface area contributed by atoms with Crippen molar-refractivity contribution in [2.75, 3.05) is 19.6 Å². The van der Waals surface area contributed by atoms with Gasteiger partial charge in [0.15, 0.2) is 5.96 Å². The van der Waals surface area contributed by atoms with Gasteiger partial charge in [0.2, 0.25) is 0 Å². The Kier molecular flexibility index (Phi) is 11.3. The second kappa shape index (κ2) is 9.94. The smallest absolute Gasteiger partial charge is 0.188 e. The van der Waals surface area contributed by atoms with E-state index in [1.807, 2.05) is 0 Å². The van der Waals surface area contributed by atoms with E-state index in [1.54, 1.807) is 0 Å². The Balaban J connectivity index is 0. The highest BCUT2D eigenvalue weighted by Gasteiger charge is 2.06. The molecule has 0 aromatic rings. The number of nitrogens with one attached hydrogen (secondary N) is 2. The predicted molar refractivity (Wildman–Crippen MR) is 87.1 cm³/mol. The summed E-state index contributed by atoms with van der Waals surface area (Å²) >= 11 is 0. The van der Waals surface area contributed by atoms with E-state index in [-0.39, 0.29) is 29.5 Å². The van der Waals surface area contributed by atoms with Crippen molar-refractivity contribution in [2.24, 2.45) is 16.6 Å². The third kappa shape index (κ3) is 16.0. The van der Waals surface area contributed by atoms with Gasteiger partial charge < -0.3 is 16.4 Å². The molecule has 0 amide bonds. The lowest BCUT2D eigenvalue weighted by atomic mass is 10.1. The summed E-state index contributed by atoms with van der Waals surface area (Å²) in [6.07, 6.45) is 1.09. The standard InChI is InChI=1S/C12H28N4.HI/c1-10(2)6-7-14-11(13)15-8-9-16-12(3,4)5;/h10,16H,6-9H2,1-5H3,(H3,13,14,15);1H. The summed E-state index contributed by atoms with van der Waals surface area (Å²) in [6.45, 7) is 13.3. The normalized spacial score (nSPS) is 12.5. The first-order chi connectivity index (χ1) is 7.31. The van der Waals surface area contributed by atoms with Crippen molar-refractivity contribution in [1.29, 1.82) is 0 Å². The maximum absolute atomic E-state index is 5.72. The van der Waals surface area contributed by atoms with Gasteiger partial charge in [-0.05, 0) is 33.1 Å². The summed E-state index contributed by atoms with van der Waals surface area (Å²) in [5, 5.41) is 6.47. The number of rotatable bonds is 6. The Morgan fingerprint density at radius 2 is 1.82 bits per heavy atom. The summed E-state index contributed by atoms with van der Waals surface area (Å²) in [5.41, 5.74) is 5.88. The first-order valence-corrected chi connectivity index (χ1v) is 6.10. The van der Waals surface area contributed by atoms with Gasteiger partial charge in [-0.1, -0.05) is 13.8 Å². The molecular formula is C12H29IN4.